The van der Waals surface area contributed by atoms with Gasteiger partial charge in [-0.15, -0.1) is 0 Å². The number of likely N-dealkylation sites (tertiary alicyclic amines) is 1. The highest BCUT2D eigenvalue weighted by molar-refractivity contribution is 5.97. The molecule has 1 aromatic heterocycles. The van der Waals surface area contributed by atoms with Crippen molar-refractivity contribution in [3.63, 3.8) is 0 Å². The molecule has 3 atom stereocenters. The van der Waals surface area contributed by atoms with E-state index in [2.05, 4.69) is 70.4 Å². The van der Waals surface area contributed by atoms with Crippen LogP contribution in [0.25, 0.3) is 10.8 Å². The molecule has 0 aliphatic carbocycles. The first-order valence-electron chi connectivity index (χ1n) is 15.7. The quantitative estimate of drug-likeness (QED) is 0.434. The molecule has 1 unspecified atom stereocenters. The second-order valence-electron chi connectivity index (χ2n) is 12.5. The Morgan fingerprint density at radius 1 is 0.975 bits per heavy atom. The van der Waals surface area contributed by atoms with E-state index < -0.39 is 0 Å². The Labute approximate surface area is 238 Å². The van der Waals surface area contributed by atoms with Gasteiger partial charge in [0.25, 0.3) is 0 Å². The summed E-state index contributed by atoms with van der Waals surface area (Å²) < 4.78 is 6.38. The minimum absolute atomic E-state index is 0.451. The number of hydrogen-bond acceptors (Lipinski definition) is 7. The average Bonchev–Trinajstić information content (AvgIpc) is 3.56. The molecule has 7 rings (SSSR count). The molecule has 7 heteroatoms. The largest absolute Gasteiger partial charge is 0.462 e. The monoisotopic (exact) mass is 540 g/mol. The van der Waals surface area contributed by atoms with Crippen LogP contribution < -0.4 is 19.9 Å². The van der Waals surface area contributed by atoms with Gasteiger partial charge in [-0.3, -0.25) is 0 Å². The summed E-state index contributed by atoms with van der Waals surface area (Å²) in [7, 11) is 2.20. The lowest BCUT2D eigenvalue weighted by atomic mass is 9.96. The highest BCUT2D eigenvalue weighted by Gasteiger charge is 2.35. The third kappa shape index (κ3) is 5.03. The molecule has 3 saturated heterocycles. The van der Waals surface area contributed by atoms with Crippen molar-refractivity contribution in [2.24, 2.45) is 0 Å². The van der Waals surface area contributed by atoms with Gasteiger partial charge >= 0.3 is 6.01 Å². The highest BCUT2D eigenvalue weighted by atomic mass is 16.5. The Bertz CT molecular complexity index is 1340. The fourth-order valence-corrected chi connectivity index (χ4v) is 7.49. The number of rotatable bonds is 8. The molecule has 0 radical (unpaired) electrons. The van der Waals surface area contributed by atoms with Gasteiger partial charge in [0.05, 0.1) is 12.2 Å². The molecule has 4 aliphatic heterocycles. The Morgan fingerprint density at radius 3 is 2.58 bits per heavy atom. The molecular formula is C33H44N6O. The maximum Gasteiger partial charge on any atom is 0.318 e. The standard InChI is InChI=1S/C33H44N6O/c1-3-4-8-23-9-5-10-24-11-6-13-30(31(23)24)38-18-16-28-29(21-38)35-33(40-22-27-12-7-17-37(27)2)36-32(28)39-19-25-14-15-26(20-39)34-25/h5-6,9-11,13,25-27,34H,3-4,7-8,12,14-22H2,1-2H3/t25-,26+,27?. The van der Waals surface area contributed by atoms with E-state index in [0.717, 1.165) is 57.1 Å². The van der Waals surface area contributed by atoms with Gasteiger partial charge < -0.3 is 24.8 Å². The molecule has 0 spiro atoms. The minimum Gasteiger partial charge on any atom is -0.462 e. The van der Waals surface area contributed by atoms with E-state index in [4.69, 9.17) is 14.7 Å². The van der Waals surface area contributed by atoms with Gasteiger partial charge in [-0.1, -0.05) is 43.7 Å². The van der Waals surface area contributed by atoms with Crippen LogP contribution in [0.4, 0.5) is 11.5 Å². The number of aromatic nitrogens is 2. The van der Waals surface area contributed by atoms with E-state index in [1.807, 2.05) is 0 Å². The van der Waals surface area contributed by atoms with Crippen molar-refractivity contribution in [1.82, 2.24) is 20.2 Å². The molecule has 5 heterocycles. The number of anilines is 2. The zero-order chi connectivity index (χ0) is 27.1. The molecule has 0 saturated carbocycles. The van der Waals surface area contributed by atoms with Gasteiger partial charge in [0.1, 0.15) is 12.4 Å². The van der Waals surface area contributed by atoms with Crippen molar-refractivity contribution in [2.75, 3.05) is 49.6 Å². The van der Waals surface area contributed by atoms with E-state index in [0.29, 0.717) is 30.7 Å². The van der Waals surface area contributed by atoms with Crippen molar-refractivity contribution in [3.05, 3.63) is 53.2 Å². The lowest BCUT2D eigenvalue weighted by Gasteiger charge is -2.37. The minimum atomic E-state index is 0.451. The first kappa shape index (κ1) is 26.0. The molecule has 2 aromatic carbocycles. The summed E-state index contributed by atoms with van der Waals surface area (Å²) in [4.78, 5) is 17.7. The van der Waals surface area contributed by atoms with Crippen molar-refractivity contribution in [3.8, 4) is 6.01 Å². The smallest absolute Gasteiger partial charge is 0.318 e. The van der Waals surface area contributed by atoms with Crippen LogP contribution in [-0.4, -0.2) is 72.8 Å². The molecule has 1 N–H and O–H groups in total. The fraction of sp³-hybridized carbons (Fsp3) is 0.576. The van der Waals surface area contributed by atoms with Crippen LogP contribution in [0.15, 0.2) is 36.4 Å². The van der Waals surface area contributed by atoms with Crippen LogP contribution in [0.5, 0.6) is 6.01 Å². The zero-order valence-electron chi connectivity index (χ0n) is 24.2. The molecular weight excluding hydrogens is 496 g/mol. The summed E-state index contributed by atoms with van der Waals surface area (Å²) in [5.41, 5.74) is 5.27. The van der Waals surface area contributed by atoms with Gasteiger partial charge in [-0.2, -0.15) is 9.97 Å². The fourth-order valence-electron chi connectivity index (χ4n) is 7.49. The second kappa shape index (κ2) is 11.2. The number of likely N-dealkylation sites (N-methyl/N-ethyl adjacent to an activating group) is 1. The van der Waals surface area contributed by atoms with Gasteiger partial charge in [-0.05, 0) is 75.6 Å². The molecule has 0 amide bonds. The molecule has 3 fully saturated rings. The summed E-state index contributed by atoms with van der Waals surface area (Å²) in [6.07, 6.45) is 9.47. The van der Waals surface area contributed by atoms with Gasteiger partial charge in [-0.25, -0.2) is 0 Å². The number of benzene rings is 2. The van der Waals surface area contributed by atoms with Gasteiger partial charge in [0.15, 0.2) is 0 Å². The number of ether oxygens (including phenoxy) is 1. The predicted octanol–water partition coefficient (Wildman–Crippen LogP) is 4.95. The lowest BCUT2D eigenvalue weighted by Crippen LogP contribution is -2.52. The number of nitrogens with zero attached hydrogens (tertiary/aromatic N) is 5. The van der Waals surface area contributed by atoms with Crippen LogP contribution in [0.2, 0.25) is 0 Å². The SMILES string of the molecule is CCCCc1cccc2cccc(N3CCc4c(nc(OCC5CCCN5C)nc4N4C[C@H]5CC[C@@H](C4)N5)C3)c12. The summed E-state index contributed by atoms with van der Waals surface area (Å²) in [5, 5.41) is 6.53. The van der Waals surface area contributed by atoms with Gasteiger partial charge in [0, 0.05) is 54.4 Å². The Hall–Kier alpha value is -2.90. The highest BCUT2D eigenvalue weighted by Crippen LogP contribution is 2.37. The number of aryl methyl sites for hydroxylation is 1. The van der Waals surface area contributed by atoms with Crippen molar-refractivity contribution < 1.29 is 4.74 Å². The number of hydrogen-bond donors (Lipinski definition) is 1. The molecule has 4 aliphatic rings. The predicted molar refractivity (Wildman–Crippen MR) is 163 cm³/mol. The Kier molecular flexibility index (Phi) is 7.27. The third-order valence-electron chi connectivity index (χ3n) is 9.72. The van der Waals surface area contributed by atoms with Crippen LogP contribution in [0, 0.1) is 0 Å². The van der Waals surface area contributed by atoms with Crippen LogP contribution in [-0.2, 0) is 19.4 Å². The van der Waals surface area contributed by atoms with Crippen molar-refractivity contribution in [2.45, 2.75) is 83.0 Å². The van der Waals surface area contributed by atoms with E-state index in [1.165, 1.54) is 66.1 Å². The average molecular weight is 541 g/mol. The normalized spacial score (nSPS) is 24.6. The number of nitrogens with one attached hydrogen (secondary N) is 1. The topological polar surface area (TPSA) is 56.8 Å². The van der Waals surface area contributed by atoms with Crippen LogP contribution in [0.1, 0.15) is 62.3 Å². The molecule has 7 nitrogen and oxygen atoms in total. The first-order chi connectivity index (χ1) is 19.7. The Balaban J connectivity index is 1.22. The summed E-state index contributed by atoms with van der Waals surface area (Å²) in [6, 6.07) is 15.7. The number of unbranched alkanes of at least 4 members (excludes halogenated alkanes) is 1. The van der Waals surface area contributed by atoms with Crippen LogP contribution in [0.3, 0.4) is 0 Å². The van der Waals surface area contributed by atoms with Crippen molar-refractivity contribution in [1.29, 1.82) is 0 Å². The van der Waals surface area contributed by atoms with Crippen molar-refractivity contribution >= 4 is 22.3 Å². The summed E-state index contributed by atoms with van der Waals surface area (Å²) >= 11 is 0. The molecule has 2 bridgehead atoms. The summed E-state index contributed by atoms with van der Waals surface area (Å²) in [5.74, 6) is 1.12. The maximum absolute atomic E-state index is 6.38. The third-order valence-corrected chi connectivity index (χ3v) is 9.72. The lowest BCUT2D eigenvalue weighted by molar-refractivity contribution is 0.187. The first-order valence-corrected chi connectivity index (χ1v) is 15.7. The maximum atomic E-state index is 6.38. The number of fused-ring (bicyclic) bond motifs is 4. The van der Waals surface area contributed by atoms with E-state index in [9.17, 15) is 0 Å². The van der Waals surface area contributed by atoms with E-state index in [-0.39, 0.29) is 0 Å². The van der Waals surface area contributed by atoms with Gasteiger partial charge in [0.2, 0.25) is 0 Å². The summed E-state index contributed by atoms with van der Waals surface area (Å²) in [6.45, 7) is 7.92. The zero-order valence-corrected chi connectivity index (χ0v) is 24.2. The molecule has 212 valence electrons. The van der Waals surface area contributed by atoms with Crippen LogP contribution >= 0.6 is 0 Å². The molecule has 3 aromatic rings. The number of piperazine rings is 1. The molecule has 40 heavy (non-hydrogen) atoms. The Morgan fingerprint density at radius 2 is 1.80 bits per heavy atom. The van der Waals surface area contributed by atoms with E-state index >= 15 is 0 Å². The second-order valence-corrected chi connectivity index (χ2v) is 12.5. The van der Waals surface area contributed by atoms with E-state index in [1.54, 1.807) is 0 Å².